The summed E-state index contributed by atoms with van der Waals surface area (Å²) in [5.74, 6) is 0. The van der Waals surface area contributed by atoms with Crippen LogP contribution in [0.15, 0.2) is 0 Å². The fourth-order valence-electron chi connectivity index (χ4n) is 2.76. The molecule has 100 valence electrons. The Morgan fingerprint density at radius 3 is 2.65 bits per heavy atom. The number of ether oxygens (including phenoxy) is 2. The molecule has 0 aliphatic carbocycles. The third kappa shape index (κ3) is 3.43. The number of halogens is 1. The second kappa shape index (κ2) is 6.00. The number of morpholine rings is 1. The van der Waals surface area contributed by atoms with Gasteiger partial charge >= 0.3 is 0 Å². The standard InChI is InChI=1S/C13H24BrNO2/c1-11-8-17-12(2)7-15(11)10-13(9-14)3-5-16-6-4-13/h11-12H,3-10H2,1-2H3. The first-order valence-electron chi connectivity index (χ1n) is 6.65. The van der Waals surface area contributed by atoms with Crippen molar-refractivity contribution in [3.05, 3.63) is 0 Å². The van der Waals surface area contributed by atoms with E-state index in [9.17, 15) is 0 Å². The van der Waals surface area contributed by atoms with E-state index in [1.165, 1.54) is 19.4 Å². The van der Waals surface area contributed by atoms with E-state index in [2.05, 4.69) is 34.7 Å². The zero-order chi connectivity index (χ0) is 12.3. The molecule has 2 atom stereocenters. The van der Waals surface area contributed by atoms with Crippen LogP contribution in [-0.2, 0) is 9.47 Å². The highest BCUT2D eigenvalue weighted by molar-refractivity contribution is 9.09. The summed E-state index contributed by atoms with van der Waals surface area (Å²) in [5.41, 5.74) is 0.406. The SMILES string of the molecule is CC1CN(CC2(CBr)CCOCC2)C(C)CO1. The summed E-state index contributed by atoms with van der Waals surface area (Å²) < 4.78 is 11.2. The normalized spacial score (nSPS) is 34.8. The lowest BCUT2D eigenvalue weighted by Crippen LogP contribution is -2.52. The third-order valence-corrected chi connectivity index (χ3v) is 5.30. The molecule has 0 aromatic rings. The average Bonchev–Trinajstić information content (AvgIpc) is 2.35. The number of alkyl halides is 1. The molecule has 2 unspecified atom stereocenters. The van der Waals surface area contributed by atoms with Crippen molar-refractivity contribution in [2.75, 3.05) is 38.2 Å². The van der Waals surface area contributed by atoms with Gasteiger partial charge in [-0.1, -0.05) is 15.9 Å². The van der Waals surface area contributed by atoms with Crippen molar-refractivity contribution in [3.8, 4) is 0 Å². The van der Waals surface area contributed by atoms with Crippen LogP contribution < -0.4 is 0 Å². The number of hydrogen-bond acceptors (Lipinski definition) is 3. The second-order valence-electron chi connectivity index (χ2n) is 5.67. The Morgan fingerprint density at radius 2 is 2.00 bits per heavy atom. The van der Waals surface area contributed by atoms with Gasteiger partial charge in [0.1, 0.15) is 0 Å². The Labute approximate surface area is 113 Å². The monoisotopic (exact) mass is 305 g/mol. The summed E-state index contributed by atoms with van der Waals surface area (Å²) in [6.07, 6.45) is 2.73. The Kier molecular flexibility index (Phi) is 4.87. The van der Waals surface area contributed by atoms with E-state index in [4.69, 9.17) is 9.47 Å². The Bertz CT molecular complexity index is 244. The summed E-state index contributed by atoms with van der Waals surface area (Å²) in [6, 6.07) is 0.546. The first kappa shape index (κ1) is 13.8. The maximum atomic E-state index is 5.70. The van der Waals surface area contributed by atoms with E-state index < -0.39 is 0 Å². The Hall–Kier alpha value is 0.360. The molecule has 2 rings (SSSR count). The maximum absolute atomic E-state index is 5.70. The first-order valence-corrected chi connectivity index (χ1v) is 7.77. The van der Waals surface area contributed by atoms with Gasteiger partial charge in [0.05, 0.1) is 12.7 Å². The molecule has 0 aromatic heterocycles. The van der Waals surface area contributed by atoms with E-state index in [0.717, 1.165) is 31.7 Å². The fourth-order valence-corrected chi connectivity index (χ4v) is 3.50. The summed E-state index contributed by atoms with van der Waals surface area (Å²) in [6.45, 7) is 9.39. The molecule has 0 amide bonds. The van der Waals surface area contributed by atoms with Crippen molar-refractivity contribution < 1.29 is 9.47 Å². The van der Waals surface area contributed by atoms with Crippen molar-refractivity contribution in [2.24, 2.45) is 5.41 Å². The summed E-state index contributed by atoms with van der Waals surface area (Å²) in [4.78, 5) is 2.60. The fraction of sp³-hybridized carbons (Fsp3) is 1.00. The van der Waals surface area contributed by atoms with Gasteiger partial charge in [-0.3, -0.25) is 4.90 Å². The number of rotatable bonds is 3. The summed E-state index contributed by atoms with van der Waals surface area (Å²) >= 11 is 3.72. The lowest BCUT2D eigenvalue weighted by atomic mass is 9.81. The summed E-state index contributed by atoms with van der Waals surface area (Å²) in [5, 5.41) is 1.09. The largest absolute Gasteiger partial charge is 0.381 e. The van der Waals surface area contributed by atoms with Crippen LogP contribution in [0.3, 0.4) is 0 Å². The van der Waals surface area contributed by atoms with Crippen molar-refractivity contribution >= 4 is 15.9 Å². The van der Waals surface area contributed by atoms with Crippen LogP contribution in [0.2, 0.25) is 0 Å². The molecule has 0 N–H and O–H groups in total. The van der Waals surface area contributed by atoms with Gasteiger partial charge in [0.2, 0.25) is 0 Å². The Balaban J connectivity index is 1.96. The molecular formula is C13H24BrNO2. The molecule has 2 saturated heterocycles. The molecule has 0 spiro atoms. The smallest absolute Gasteiger partial charge is 0.0674 e. The molecule has 17 heavy (non-hydrogen) atoms. The van der Waals surface area contributed by atoms with Gasteiger partial charge in [-0.2, -0.15) is 0 Å². The van der Waals surface area contributed by atoms with E-state index in [1.54, 1.807) is 0 Å². The number of nitrogens with zero attached hydrogens (tertiary/aromatic N) is 1. The van der Waals surface area contributed by atoms with E-state index in [0.29, 0.717) is 17.6 Å². The molecule has 2 fully saturated rings. The van der Waals surface area contributed by atoms with Crippen LogP contribution in [0.4, 0.5) is 0 Å². The van der Waals surface area contributed by atoms with Crippen LogP contribution in [0.5, 0.6) is 0 Å². The second-order valence-corrected chi connectivity index (χ2v) is 6.23. The molecule has 2 aliphatic rings. The molecule has 2 aliphatic heterocycles. The lowest BCUT2D eigenvalue weighted by Gasteiger charge is -2.44. The molecule has 4 heteroatoms. The number of hydrogen-bond donors (Lipinski definition) is 0. The van der Waals surface area contributed by atoms with E-state index in [-0.39, 0.29) is 0 Å². The minimum absolute atomic E-state index is 0.374. The van der Waals surface area contributed by atoms with Crippen molar-refractivity contribution in [2.45, 2.75) is 38.8 Å². The Morgan fingerprint density at radius 1 is 1.29 bits per heavy atom. The van der Waals surface area contributed by atoms with E-state index >= 15 is 0 Å². The highest BCUT2D eigenvalue weighted by atomic mass is 79.9. The minimum Gasteiger partial charge on any atom is -0.381 e. The van der Waals surface area contributed by atoms with Gasteiger partial charge in [0.15, 0.2) is 0 Å². The van der Waals surface area contributed by atoms with Crippen LogP contribution in [0.1, 0.15) is 26.7 Å². The van der Waals surface area contributed by atoms with Gasteiger partial charge in [-0.15, -0.1) is 0 Å². The minimum atomic E-state index is 0.374. The predicted molar refractivity (Wildman–Crippen MR) is 72.7 cm³/mol. The molecule has 0 bridgehead atoms. The van der Waals surface area contributed by atoms with Gasteiger partial charge in [0, 0.05) is 37.7 Å². The molecule has 0 radical (unpaired) electrons. The van der Waals surface area contributed by atoms with Crippen LogP contribution in [0.25, 0.3) is 0 Å². The quantitative estimate of drug-likeness (QED) is 0.747. The van der Waals surface area contributed by atoms with Crippen molar-refractivity contribution in [1.29, 1.82) is 0 Å². The van der Waals surface area contributed by atoms with Crippen molar-refractivity contribution in [1.82, 2.24) is 4.90 Å². The average molecular weight is 306 g/mol. The molecule has 0 aromatic carbocycles. The van der Waals surface area contributed by atoms with Crippen molar-refractivity contribution in [3.63, 3.8) is 0 Å². The molecule has 2 heterocycles. The zero-order valence-electron chi connectivity index (χ0n) is 11.0. The van der Waals surface area contributed by atoms with Gasteiger partial charge in [0.25, 0.3) is 0 Å². The highest BCUT2D eigenvalue weighted by Gasteiger charge is 2.36. The van der Waals surface area contributed by atoms with E-state index in [1.807, 2.05) is 0 Å². The van der Waals surface area contributed by atoms with Gasteiger partial charge in [-0.25, -0.2) is 0 Å². The maximum Gasteiger partial charge on any atom is 0.0674 e. The molecule has 3 nitrogen and oxygen atoms in total. The van der Waals surface area contributed by atoms with Crippen LogP contribution >= 0.6 is 15.9 Å². The first-order chi connectivity index (χ1) is 8.15. The van der Waals surface area contributed by atoms with Gasteiger partial charge < -0.3 is 9.47 Å². The molecule has 0 saturated carbocycles. The summed E-state index contributed by atoms with van der Waals surface area (Å²) in [7, 11) is 0. The molecular weight excluding hydrogens is 282 g/mol. The third-order valence-electron chi connectivity index (χ3n) is 4.11. The van der Waals surface area contributed by atoms with Gasteiger partial charge in [-0.05, 0) is 32.1 Å². The lowest BCUT2D eigenvalue weighted by molar-refractivity contribution is -0.0736. The zero-order valence-corrected chi connectivity index (χ0v) is 12.5. The highest BCUT2D eigenvalue weighted by Crippen LogP contribution is 2.34. The predicted octanol–water partition coefficient (Wildman–Crippen LogP) is 2.29. The van der Waals surface area contributed by atoms with Crippen LogP contribution in [0, 0.1) is 5.41 Å². The topological polar surface area (TPSA) is 21.7 Å². The van der Waals surface area contributed by atoms with Crippen LogP contribution in [-0.4, -0.2) is 55.3 Å².